The van der Waals surface area contributed by atoms with Gasteiger partial charge in [-0.05, 0) is 18.2 Å². The van der Waals surface area contributed by atoms with Crippen molar-refractivity contribution in [2.45, 2.75) is 6.04 Å². The smallest absolute Gasteiger partial charge is 0.327 e. The first-order valence-corrected chi connectivity index (χ1v) is 6.60. The van der Waals surface area contributed by atoms with Gasteiger partial charge in [-0.15, -0.1) is 11.8 Å². The summed E-state index contributed by atoms with van der Waals surface area (Å²) in [7, 11) is 0. The first-order valence-electron chi connectivity index (χ1n) is 5.07. The van der Waals surface area contributed by atoms with Crippen molar-refractivity contribution in [1.29, 1.82) is 0 Å². The van der Waals surface area contributed by atoms with Crippen LogP contribution in [0.1, 0.15) is 10.4 Å². The zero-order valence-corrected chi connectivity index (χ0v) is 10.7. The van der Waals surface area contributed by atoms with Crippen LogP contribution < -0.4 is 0 Å². The second-order valence-electron chi connectivity index (χ2n) is 3.75. The minimum absolute atomic E-state index is 0.159. The molecule has 18 heavy (non-hydrogen) atoms. The van der Waals surface area contributed by atoms with Crippen molar-refractivity contribution >= 4 is 35.2 Å². The lowest BCUT2D eigenvalue weighted by Gasteiger charge is -2.20. The maximum atomic E-state index is 13.6. The number of rotatable bonds is 2. The van der Waals surface area contributed by atoms with E-state index in [2.05, 4.69) is 0 Å². The number of carboxylic acids is 1. The molecule has 0 spiro atoms. The van der Waals surface area contributed by atoms with Crippen molar-refractivity contribution in [1.82, 2.24) is 4.90 Å². The summed E-state index contributed by atoms with van der Waals surface area (Å²) in [5.41, 5.74) is -0.159. The molecule has 1 atom stereocenters. The van der Waals surface area contributed by atoms with Crippen LogP contribution in [0.3, 0.4) is 0 Å². The van der Waals surface area contributed by atoms with E-state index in [-0.39, 0.29) is 16.5 Å². The van der Waals surface area contributed by atoms with E-state index in [0.29, 0.717) is 5.75 Å². The standard InChI is InChI=1S/C11H9ClFNO3S/c12-6-1-2-7(8(13)3-6)10(15)14-5-18-4-9(14)11(16)17/h1-3,9H,4-5H2,(H,16,17). The number of hydrogen-bond donors (Lipinski definition) is 1. The van der Waals surface area contributed by atoms with Crippen LogP contribution in [-0.4, -0.2) is 39.6 Å². The van der Waals surface area contributed by atoms with Gasteiger partial charge in [0.1, 0.15) is 11.9 Å². The van der Waals surface area contributed by atoms with Crippen molar-refractivity contribution in [3.63, 3.8) is 0 Å². The van der Waals surface area contributed by atoms with Crippen LogP contribution in [0, 0.1) is 5.82 Å². The minimum Gasteiger partial charge on any atom is -0.480 e. The number of aliphatic carboxylic acids is 1. The molecule has 1 aliphatic heterocycles. The molecule has 0 radical (unpaired) electrons. The largest absolute Gasteiger partial charge is 0.480 e. The highest BCUT2D eigenvalue weighted by atomic mass is 35.5. The molecule has 1 N–H and O–H groups in total. The van der Waals surface area contributed by atoms with Gasteiger partial charge in [-0.3, -0.25) is 4.79 Å². The molecule has 1 unspecified atom stereocenters. The summed E-state index contributed by atoms with van der Waals surface area (Å²) >= 11 is 6.92. The lowest BCUT2D eigenvalue weighted by Crippen LogP contribution is -2.42. The monoisotopic (exact) mass is 289 g/mol. The van der Waals surface area contributed by atoms with Crippen LogP contribution in [0.25, 0.3) is 0 Å². The molecule has 1 saturated heterocycles. The lowest BCUT2D eigenvalue weighted by atomic mass is 10.1. The van der Waals surface area contributed by atoms with Gasteiger partial charge in [0.15, 0.2) is 0 Å². The highest BCUT2D eigenvalue weighted by Gasteiger charge is 2.35. The van der Waals surface area contributed by atoms with Crippen LogP contribution in [0.4, 0.5) is 4.39 Å². The third-order valence-electron chi connectivity index (χ3n) is 2.59. The van der Waals surface area contributed by atoms with Gasteiger partial charge in [-0.1, -0.05) is 11.6 Å². The molecule has 7 heteroatoms. The van der Waals surface area contributed by atoms with E-state index in [0.717, 1.165) is 11.0 Å². The molecule has 4 nitrogen and oxygen atoms in total. The maximum Gasteiger partial charge on any atom is 0.327 e. The summed E-state index contributed by atoms with van der Waals surface area (Å²) in [5, 5.41) is 9.16. The summed E-state index contributed by atoms with van der Waals surface area (Å²) < 4.78 is 13.6. The SMILES string of the molecule is O=C(O)C1CSCN1C(=O)c1ccc(Cl)cc1F. The Bertz CT molecular complexity index is 511. The quantitative estimate of drug-likeness (QED) is 0.905. The van der Waals surface area contributed by atoms with Crippen molar-refractivity contribution in [2.75, 3.05) is 11.6 Å². The van der Waals surface area contributed by atoms with Crippen molar-refractivity contribution in [2.24, 2.45) is 0 Å². The molecule has 1 aromatic rings. The van der Waals surface area contributed by atoms with Gasteiger partial charge < -0.3 is 10.0 Å². The van der Waals surface area contributed by atoms with Crippen LogP contribution >= 0.6 is 23.4 Å². The number of amides is 1. The number of hydrogen-bond acceptors (Lipinski definition) is 3. The third-order valence-corrected chi connectivity index (χ3v) is 3.84. The molecule has 1 heterocycles. The zero-order chi connectivity index (χ0) is 13.3. The molecule has 1 amide bonds. The molecule has 1 aliphatic rings. The third kappa shape index (κ3) is 2.44. The van der Waals surface area contributed by atoms with E-state index < -0.39 is 23.7 Å². The van der Waals surface area contributed by atoms with E-state index in [9.17, 15) is 14.0 Å². The number of benzene rings is 1. The number of nitrogens with zero attached hydrogens (tertiary/aromatic N) is 1. The Hall–Kier alpha value is -1.27. The fourth-order valence-corrected chi connectivity index (χ4v) is 2.97. The van der Waals surface area contributed by atoms with Crippen LogP contribution in [0.2, 0.25) is 5.02 Å². The van der Waals surface area contributed by atoms with Gasteiger partial charge in [0, 0.05) is 10.8 Å². The van der Waals surface area contributed by atoms with E-state index in [4.69, 9.17) is 16.7 Å². The number of carbonyl (C=O) groups excluding carboxylic acids is 1. The normalized spacial score (nSPS) is 19.0. The van der Waals surface area contributed by atoms with E-state index >= 15 is 0 Å². The van der Waals surface area contributed by atoms with Gasteiger partial charge in [0.05, 0.1) is 11.4 Å². The molecule has 96 valence electrons. The predicted molar refractivity (Wildman–Crippen MR) is 66.3 cm³/mol. The topological polar surface area (TPSA) is 57.6 Å². The molecule has 0 bridgehead atoms. The molecule has 0 aromatic heterocycles. The fraction of sp³-hybridized carbons (Fsp3) is 0.273. The molecule has 0 aliphatic carbocycles. The van der Waals surface area contributed by atoms with Gasteiger partial charge in [0.25, 0.3) is 5.91 Å². The van der Waals surface area contributed by atoms with Crippen molar-refractivity contribution in [3.8, 4) is 0 Å². The Kier molecular flexibility index (Phi) is 3.77. The minimum atomic E-state index is -1.08. The predicted octanol–water partition coefficient (Wildman–Crippen LogP) is 2.08. The molecular weight excluding hydrogens is 281 g/mol. The second kappa shape index (κ2) is 5.16. The highest BCUT2D eigenvalue weighted by molar-refractivity contribution is 7.99. The summed E-state index contributed by atoms with van der Waals surface area (Å²) in [6, 6.07) is 2.80. The van der Waals surface area contributed by atoms with E-state index in [1.807, 2.05) is 0 Å². The van der Waals surface area contributed by atoms with Crippen LogP contribution in [0.15, 0.2) is 18.2 Å². The molecular formula is C11H9ClFNO3S. The molecule has 1 aromatic carbocycles. The van der Waals surface area contributed by atoms with Gasteiger partial charge in [-0.2, -0.15) is 0 Å². The summed E-state index contributed by atoms with van der Waals surface area (Å²) in [4.78, 5) is 24.2. The first-order chi connectivity index (χ1) is 8.50. The maximum absolute atomic E-state index is 13.6. The summed E-state index contributed by atoms with van der Waals surface area (Å²) in [5.74, 6) is -1.88. The molecule has 0 saturated carbocycles. The van der Waals surface area contributed by atoms with E-state index in [1.165, 1.54) is 23.9 Å². The lowest BCUT2D eigenvalue weighted by molar-refractivity contribution is -0.140. The number of thioether (sulfide) groups is 1. The number of carbonyl (C=O) groups is 2. The summed E-state index contributed by atoms with van der Waals surface area (Å²) in [6.07, 6.45) is 0. The van der Waals surface area contributed by atoms with Gasteiger partial charge >= 0.3 is 5.97 Å². The van der Waals surface area contributed by atoms with Crippen LogP contribution in [-0.2, 0) is 4.79 Å². The fourth-order valence-electron chi connectivity index (χ4n) is 1.67. The van der Waals surface area contributed by atoms with E-state index in [1.54, 1.807) is 0 Å². The highest BCUT2D eigenvalue weighted by Crippen LogP contribution is 2.25. The van der Waals surface area contributed by atoms with Gasteiger partial charge in [0.2, 0.25) is 0 Å². The van der Waals surface area contributed by atoms with Gasteiger partial charge in [-0.25, -0.2) is 9.18 Å². The Morgan fingerprint density at radius 1 is 1.50 bits per heavy atom. The number of halogens is 2. The van der Waals surface area contributed by atoms with Crippen LogP contribution in [0.5, 0.6) is 0 Å². The zero-order valence-electron chi connectivity index (χ0n) is 9.10. The Morgan fingerprint density at radius 2 is 2.22 bits per heavy atom. The van der Waals surface area contributed by atoms with Crippen molar-refractivity contribution < 1.29 is 19.1 Å². The first kappa shape index (κ1) is 13.2. The average Bonchev–Trinajstić information content (AvgIpc) is 2.77. The molecule has 1 fully saturated rings. The Morgan fingerprint density at radius 3 is 2.83 bits per heavy atom. The van der Waals surface area contributed by atoms with Crippen molar-refractivity contribution in [3.05, 3.63) is 34.6 Å². The second-order valence-corrected chi connectivity index (χ2v) is 5.19. The summed E-state index contributed by atoms with van der Waals surface area (Å²) in [6.45, 7) is 0. The Balaban J connectivity index is 2.28. The average molecular weight is 290 g/mol. The number of carboxylic acid groups (broad SMARTS) is 1. The molecule has 2 rings (SSSR count). The Labute approximate surface area is 112 Å².